The molecule has 3 aromatic rings. The van der Waals surface area contributed by atoms with Gasteiger partial charge in [0.1, 0.15) is 11.8 Å². The van der Waals surface area contributed by atoms with E-state index < -0.39 is 18.0 Å². The highest BCUT2D eigenvalue weighted by Gasteiger charge is 2.46. The summed E-state index contributed by atoms with van der Waals surface area (Å²) in [6.45, 7) is 4.20. The molecule has 1 heterocycles. The summed E-state index contributed by atoms with van der Waals surface area (Å²) in [5.74, 6) is -0.0430. The first-order valence-electron chi connectivity index (χ1n) is 11.6. The van der Waals surface area contributed by atoms with Gasteiger partial charge in [-0.2, -0.15) is 0 Å². The standard InChI is InChI=1S/C28H29N3O4/c1-4-20-7-11-22(12-8-20)29-26(32)17-25-27(33)31(23-13-5-19(2)6-14-23)28(34)30(25)18-21-9-15-24(35-3)16-10-21/h5-16,25H,4,17-18H2,1-3H3,(H,29,32)/t25-/m0/s1. The maximum atomic E-state index is 13.4. The lowest BCUT2D eigenvalue weighted by atomic mass is 10.1. The minimum atomic E-state index is -0.916. The molecule has 1 N–H and O–H groups in total. The molecule has 1 fully saturated rings. The SMILES string of the molecule is CCc1ccc(NC(=O)C[C@H]2C(=O)N(c3ccc(C)cc3)C(=O)N2Cc2ccc(OC)cc2)cc1. The molecule has 1 atom stereocenters. The summed E-state index contributed by atoms with van der Waals surface area (Å²) in [4.78, 5) is 42.4. The second-order valence-electron chi connectivity index (χ2n) is 8.59. The maximum absolute atomic E-state index is 13.4. The molecule has 7 heteroatoms. The Balaban J connectivity index is 1.58. The average molecular weight is 472 g/mol. The highest BCUT2D eigenvalue weighted by atomic mass is 16.5. The van der Waals surface area contributed by atoms with Crippen LogP contribution in [0.25, 0.3) is 0 Å². The molecule has 1 saturated heterocycles. The third-order valence-electron chi connectivity index (χ3n) is 6.15. The Labute approximate surface area is 205 Å². The summed E-state index contributed by atoms with van der Waals surface area (Å²) >= 11 is 0. The van der Waals surface area contributed by atoms with Crippen LogP contribution in [0.1, 0.15) is 30.0 Å². The van der Waals surface area contributed by atoms with Crippen molar-refractivity contribution in [1.29, 1.82) is 0 Å². The van der Waals surface area contributed by atoms with Crippen LogP contribution in [0.3, 0.4) is 0 Å². The van der Waals surface area contributed by atoms with E-state index in [0.29, 0.717) is 17.1 Å². The number of ether oxygens (including phenoxy) is 1. The van der Waals surface area contributed by atoms with Crippen molar-refractivity contribution in [2.24, 2.45) is 0 Å². The van der Waals surface area contributed by atoms with Gasteiger partial charge in [-0.05, 0) is 60.9 Å². The predicted molar refractivity (Wildman–Crippen MR) is 135 cm³/mol. The molecule has 0 radical (unpaired) electrons. The number of hydrogen-bond donors (Lipinski definition) is 1. The van der Waals surface area contributed by atoms with Crippen LogP contribution in [0.2, 0.25) is 0 Å². The Hall–Kier alpha value is -4.13. The zero-order valence-electron chi connectivity index (χ0n) is 20.2. The van der Waals surface area contributed by atoms with Gasteiger partial charge in [0.2, 0.25) is 5.91 Å². The van der Waals surface area contributed by atoms with E-state index in [1.165, 1.54) is 10.5 Å². The molecule has 1 aliphatic heterocycles. The number of nitrogens with one attached hydrogen (secondary N) is 1. The number of carbonyl (C=O) groups excluding carboxylic acids is 3. The van der Waals surface area contributed by atoms with Crippen LogP contribution in [0, 0.1) is 6.92 Å². The van der Waals surface area contributed by atoms with Crippen molar-refractivity contribution in [2.45, 2.75) is 39.3 Å². The highest BCUT2D eigenvalue weighted by molar-refractivity contribution is 6.22. The first-order chi connectivity index (χ1) is 16.9. The van der Waals surface area contributed by atoms with Gasteiger partial charge in [-0.25, -0.2) is 9.69 Å². The summed E-state index contributed by atoms with van der Waals surface area (Å²) in [6.07, 6.45) is 0.765. The van der Waals surface area contributed by atoms with Gasteiger partial charge >= 0.3 is 6.03 Å². The molecule has 0 saturated carbocycles. The molecule has 35 heavy (non-hydrogen) atoms. The lowest BCUT2D eigenvalue weighted by Gasteiger charge is -2.22. The molecule has 0 unspecified atom stereocenters. The van der Waals surface area contributed by atoms with Gasteiger partial charge in [0, 0.05) is 12.2 Å². The number of methoxy groups -OCH3 is 1. The highest BCUT2D eigenvalue weighted by Crippen LogP contribution is 2.29. The number of nitrogens with zero attached hydrogens (tertiary/aromatic N) is 2. The molecule has 0 aliphatic carbocycles. The van der Waals surface area contributed by atoms with Crippen LogP contribution in [-0.4, -0.2) is 35.9 Å². The van der Waals surface area contributed by atoms with Crippen LogP contribution in [0.5, 0.6) is 5.75 Å². The Morgan fingerprint density at radius 3 is 2.14 bits per heavy atom. The fraction of sp³-hybridized carbons (Fsp3) is 0.250. The molecule has 7 nitrogen and oxygen atoms in total. The summed E-state index contributed by atoms with van der Waals surface area (Å²) in [5, 5.41) is 2.85. The zero-order chi connectivity index (χ0) is 24.9. The van der Waals surface area contributed by atoms with E-state index >= 15 is 0 Å². The lowest BCUT2D eigenvalue weighted by Crippen LogP contribution is -2.37. The number of urea groups is 1. The molecule has 0 bridgehead atoms. The van der Waals surface area contributed by atoms with Crippen LogP contribution in [0.4, 0.5) is 16.2 Å². The number of imide groups is 1. The van der Waals surface area contributed by atoms with Crippen LogP contribution < -0.4 is 15.0 Å². The number of hydrogen-bond acceptors (Lipinski definition) is 4. The molecule has 4 rings (SSSR count). The lowest BCUT2D eigenvalue weighted by molar-refractivity contribution is -0.124. The number of aryl methyl sites for hydroxylation is 2. The fourth-order valence-corrected chi connectivity index (χ4v) is 4.08. The Bertz CT molecular complexity index is 1200. The van der Waals surface area contributed by atoms with Crippen molar-refractivity contribution in [1.82, 2.24) is 4.90 Å². The smallest absolute Gasteiger partial charge is 0.332 e. The van der Waals surface area contributed by atoms with E-state index in [-0.39, 0.29) is 18.9 Å². The third kappa shape index (κ3) is 5.35. The predicted octanol–water partition coefficient (Wildman–Crippen LogP) is 4.93. The van der Waals surface area contributed by atoms with Crippen molar-refractivity contribution in [3.63, 3.8) is 0 Å². The fourth-order valence-electron chi connectivity index (χ4n) is 4.08. The average Bonchev–Trinajstić information content (AvgIpc) is 3.09. The van der Waals surface area contributed by atoms with E-state index in [0.717, 1.165) is 22.4 Å². The first-order valence-corrected chi connectivity index (χ1v) is 11.6. The van der Waals surface area contributed by atoms with E-state index in [1.807, 2.05) is 55.5 Å². The molecule has 180 valence electrons. The summed E-state index contributed by atoms with van der Waals surface area (Å²) in [7, 11) is 1.58. The van der Waals surface area contributed by atoms with Gasteiger partial charge in [0.15, 0.2) is 0 Å². The minimum absolute atomic E-state index is 0.140. The molecule has 3 aromatic carbocycles. The molecule has 1 aliphatic rings. The third-order valence-corrected chi connectivity index (χ3v) is 6.15. The summed E-state index contributed by atoms with van der Waals surface area (Å²) in [5.41, 5.74) is 4.16. The van der Waals surface area contributed by atoms with Gasteiger partial charge < -0.3 is 15.0 Å². The van der Waals surface area contributed by atoms with Gasteiger partial charge in [-0.1, -0.05) is 48.9 Å². The Morgan fingerprint density at radius 2 is 1.54 bits per heavy atom. The maximum Gasteiger partial charge on any atom is 0.332 e. The van der Waals surface area contributed by atoms with E-state index in [1.54, 1.807) is 31.4 Å². The Kier molecular flexibility index (Phi) is 7.15. The molecule has 0 aromatic heterocycles. The second kappa shape index (κ2) is 10.4. The van der Waals surface area contributed by atoms with Crippen LogP contribution in [-0.2, 0) is 22.6 Å². The molecular weight excluding hydrogens is 442 g/mol. The first kappa shape index (κ1) is 24.0. The van der Waals surface area contributed by atoms with E-state index in [4.69, 9.17) is 4.74 Å². The molecule has 0 spiro atoms. The number of anilines is 2. The van der Waals surface area contributed by atoms with Gasteiger partial charge in [0.05, 0.1) is 19.2 Å². The second-order valence-corrected chi connectivity index (χ2v) is 8.59. The van der Waals surface area contributed by atoms with Crippen molar-refractivity contribution >= 4 is 29.2 Å². The van der Waals surface area contributed by atoms with Crippen molar-refractivity contribution in [3.8, 4) is 5.75 Å². The molecular formula is C28H29N3O4. The number of rotatable bonds is 8. The van der Waals surface area contributed by atoms with E-state index in [2.05, 4.69) is 12.2 Å². The number of carbonyl (C=O) groups is 3. The number of amides is 4. The zero-order valence-corrected chi connectivity index (χ0v) is 20.2. The normalized spacial score (nSPS) is 15.5. The van der Waals surface area contributed by atoms with Gasteiger partial charge in [0.25, 0.3) is 5.91 Å². The summed E-state index contributed by atoms with van der Waals surface area (Å²) < 4.78 is 5.21. The van der Waals surface area contributed by atoms with Gasteiger partial charge in [-0.3, -0.25) is 9.59 Å². The largest absolute Gasteiger partial charge is 0.497 e. The monoisotopic (exact) mass is 471 g/mol. The topological polar surface area (TPSA) is 79.0 Å². The van der Waals surface area contributed by atoms with Crippen molar-refractivity contribution in [3.05, 3.63) is 89.5 Å². The summed E-state index contributed by atoms with van der Waals surface area (Å²) in [6, 6.07) is 20.7. The van der Waals surface area contributed by atoms with Crippen molar-refractivity contribution in [2.75, 3.05) is 17.3 Å². The van der Waals surface area contributed by atoms with Crippen molar-refractivity contribution < 1.29 is 19.1 Å². The quantitative estimate of drug-likeness (QED) is 0.473. The minimum Gasteiger partial charge on any atom is -0.497 e. The van der Waals surface area contributed by atoms with Crippen LogP contribution >= 0.6 is 0 Å². The van der Waals surface area contributed by atoms with Gasteiger partial charge in [-0.15, -0.1) is 0 Å². The van der Waals surface area contributed by atoms with E-state index in [9.17, 15) is 14.4 Å². The molecule has 4 amide bonds. The Morgan fingerprint density at radius 1 is 0.914 bits per heavy atom. The number of benzene rings is 3. The van der Waals surface area contributed by atoms with Crippen LogP contribution in [0.15, 0.2) is 72.8 Å².